The summed E-state index contributed by atoms with van der Waals surface area (Å²) in [6, 6.07) is 11.8. The summed E-state index contributed by atoms with van der Waals surface area (Å²) in [5.41, 5.74) is 1.16. The lowest BCUT2D eigenvalue weighted by Gasteiger charge is -2.12. The minimum Gasteiger partial charge on any atom is -0.360 e. The average Bonchev–Trinajstić information content (AvgIpc) is 3.16. The molecule has 1 aromatic carbocycles. The van der Waals surface area contributed by atoms with E-state index in [1.54, 1.807) is 13.0 Å². The molecule has 1 N–H and O–H groups in total. The van der Waals surface area contributed by atoms with Gasteiger partial charge in [-0.2, -0.15) is 0 Å². The van der Waals surface area contributed by atoms with Crippen LogP contribution in [0.15, 0.2) is 46.1 Å². The van der Waals surface area contributed by atoms with Crippen molar-refractivity contribution >= 4 is 23.5 Å². The van der Waals surface area contributed by atoms with Crippen LogP contribution in [-0.2, 0) is 11.3 Å². The van der Waals surface area contributed by atoms with Gasteiger partial charge < -0.3 is 14.4 Å². The van der Waals surface area contributed by atoms with Crippen molar-refractivity contribution in [3.8, 4) is 0 Å². The molecule has 25 heavy (non-hydrogen) atoms. The van der Waals surface area contributed by atoms with Crippen LogP contribution in [0.25, 0.3) is 0 Å². The number of hydrogen-bond acceptors (Lipinski definition) is 6. The zero-order valence-corrected chi connectivity index (χ0v) is 15.1. The molecule has 0 aliphatic carbocycles. The van der Waals surface area contributed by atoms with Gasteiger partial charge in [-0.15, -0.1) is 10.2 Å². The van der Waals surface area contributed by atoms with E-state index in [-0.39, 0.29) is 11.2 Å². The largest absolute Gasteiger partial charge is 0.360 e. The number of nitrogens with one attached hydrogen (secondary N) is 1. The van der Waals surface area contributed by atoms with Gasteiger partial charge in [0, 0.05) is 6.07 Å². The zero-order valence-electron chi connectivity index (χ0n) is 14.3. The Morgan fingerprint density at radius 2 is 2.04 bits per heavy atom. The number of benzene rings is 1. The van der Waals surface area contributed by atoms with E-state index in [0.717, 1.165) is 11.4 Å². The fourth-order valence-corrected chi connectivity index (χ4v) is 3.16. The molecule has 3 rings (SSSR count). The van der Waals surface area contributed by atoms with Gasteiger partial charge in [-0.05, 0) is 26.3 Å². The quantitative estimate of drug-likeness (QED) is 0.683. The van der Waals surface area contributed by atoms with Gasteiger partial charge in [0.05, 0.1) is 11.8 Å². The van der Waals surface area contributed by atoms with Crippen molar-refractivity contribution in [2.45, 2.75) is 37.7 Å². The Balaban J connectivity index is 1.69. The number of carbonyl (C=O) groups is 1. The van der Waals surface area contributed by atoms with E-state index in [1.807, 2.05) is 36.6 Å². The molecule has 0 aliphatic heterocycles. The Hall–Kier alpha value is -2.61. The molecule has 2 heterocycles. The molecule has 130 valence electrons. The van der Waals surface area contributed by atoms with Crippen LogP contribution in [0.4, 0.5) is 5.82 Å². The highest BCUT2D eigenvalue weighted by Crippen LogP contribution is 2.24. The first-order chi connectivity index (χ1) is 12.0. The van der Waals surface area contributed by atoms with Crippen molar-refractivity contribution < 1.29 is 9.32 Å². The SMILES string of the molecule is Cc1cc(NC(=O)C(C)Sc2nnc(C)n2Cc2ccccc2)no1. The van der Waals surface area contributed by atoms with Crippen molar-refractivity contribution in [3.05, 3.63) is 53.5 Å². The molecule has 0 radical (unpaired) electrons. The predicted molar refractivity (Wildman–Crippen MR) is 95.5 cm³/mol. The molecule has 1 unspecified atom stereocenters. The Morgan fingerprint density at radius 1 is 1.28 bits per heavy atom. The third-order valence-corrected chi connectivity index (χ3v) is 4.70. The van der Waals surface area contributed by atoms with E-state index in [9.17, 15) is 4.79 Å². The molecule has 0 bridgehead atoms. The van der Waals surface area contributed by atoms with Crippen molar-refractivity contribution in [1.29, 1.82) is 0 Å². The summed E-state index contributed by atoms with van der Waals surface area (Å²) in [5, 5.41) is 15.2. The number of nitrogens with zero attached hydrogens (tertiary/aromatic N) is 4. The highest BCUT2D eigenvalue weighted by atomic mass is 32.2. The summed E-state index contributed by atoms with van der Waals surface area (Å²) in [6.07, 6.45) is 0. The molecular formula is C17H19N5O2S. The second-order valence-corrected chi connectivity index (χ2v) is 6.98. The van der Waals surface area contributed by atoms with E-state index >= 15 is 0 Å². The van der Waals surface area contributed by atoms with Gasteiger partial charge in [0.1, 0.15) is 11.6 Å². The fourth-order valence-electron chi connectivity index (χ4n) is 2.26. The summed E-state index contributed by atoms with van der Waals surface area (Å²) in [4.78, 5) is 12.3. The molecule has 0 spiro atoms. The smallest absolute Gasteiger partial charge is 0.238 e. The normalized spacial score (nSPS) is 12.1. The Labute approximate surface area is 149 Å². The molecular weight excluding hydrogens is 338 g/mol. The number of hydrogen-bond donors (Lipinski definition) is 1. The Morgan fingerprint density at radius 3 is 2.72 bits per heavy atom. The third-order valence-electron chi connectivity index (χ3n) is 3.62. The van der Waals surface area contributed by atoms with Crippen molar-refractivity contribution in [3.63, 3.8) is 0 Å². The van der Waals surface area contributed by atoms with E-state index in [1.165, 1.54) is 11.8 Å². The first kappa shape index (κ1) is 17.2. The average molecular weight is 357 g/mol. The van der Waals surface area contributed by atoms with Gasteiger partial charge in [-0.3, -0.25) is 4.79 Å². The maximum Gasteiger partial charge on any atom is 0.238 e. The number of thioether (sulfide) groups is 1. The lowest BCUT2D eigenvalue weighted by Crippen LogP contribution is -2.23. The lowest BCUT2D eigenvalue weighted by molar-refractivity contribution is -0.115. The zero-order chi connectivity index (χ0) is 17.8. The van der Waals surface area contributed by atoms with Crippen LogP contribution in [0.5, 0.6) is 0 Å². The standard InChI is InChI=1S/C17H19N5O2S/c1-11-9-15(21-24-11)18-16(23)12(2)25-17-20-19-13(3)22(17)10-14-7-5-4-6-8-14/h4-9,12H,10H2,1-3H3,(H,18,21,23). The van der Waals surface area contributed by atoms with Gasteiger partial charge in [0.25, 0.3) is 0 Å². The first-order valence-electron chi connectivity index (χ1n) is 7.87. The summed E-state index contributed by atoms with van der Waals surface area (Å²) in [7, 11) is 0. The van der Waals surface area contributed by atoms with Crippen molar-refractivity contribution in [1.82, 2.24) is 19.9 Å². The predicted octanol–water partition coefficient (Wildman–Crippen LogP) is 3.05. The summed E-state index contributed by atoms with van der Waals surface area (Å²) in [6.45, 7) is 6.17. The van der Waals surface area contributed by atoms with E-state index in [0.29, 0.717) is 23.3 Å². The summed E-state index contributed by atoms with van der Waals surface area (Å²) < 4.78 is 6.96. The van der Waals surface area contributed by atoms with E-state index in [4.69, 9.17) is 4.52 Å². The number of amides is 1. The van der Waals surface area contributed by atoms with E-state index < -0.39 is 0 Å². The molecule has 8 heteroatoms. The molecule has 3 aromatic rings. The van der Waals surface area contributed by atoms with Gasteiger partial charge in [0.15, 0.2) is 11.0 Å². The first-order valence-corrected chi connectivity index (χ1v) is 8.75. The lowest BCUT2D eigenvalue weighted by atomic mass is 10.2. The molecule has 2 aromatic heterocycles. The summed E-state index contributed by atoms with van der Waals surface area (Å²) in [5.74, 6) is 1.71. The summed E-state index contributed by atoms with van der Waals surface area (Å²) >= 11 is 1.36. The van der Waals surface area contributed by atoms with Gasteiger partial charge >= 0.3 is 0 Å². The number of anilines is 1. The van der Waals surface area contributed by atoms with Gasteiger partial charge in [-0.25, -0.2) is 0 Å². The van der Waals surface area contributed by atoms with Crippen LogP contribution in [0, 0.1) is 13.8 Å². The van der Waals surface area contributed by atoms with Crippen LogP contribution in [0.2, 0.25) is 0 Å². The van der Waals surface area contributed by atoms with Crippen LogP contribution < -0.4 is 5.32 Å². The second-order valence-electron chi connectivity index (χ2n) is 5.67. The maximum atomic E-state index is 12.3. The van der Waals surface area contributed by atoms with Crippen molar-refractivity contribution in [2.75, 3.05) is 5.32 Å². The molecule has 0 fully saturated rings. The topological polar surface area (TPSA) is 85.8 Å². The fraction of sp³-hybridized carbons (Fsp3) is 0.294. The number of aromatic nitrogens is 4. The molecule has 0 aliphatic rings. The monoisotopic (exact) mass is 357 g/mol. The molecule has 1 amide bonds. The van der Waals surface area contributed by atoms with Crippen LogP contribution in [0.1, 0.15) is 24.1 Å². The Kier molecular flexibility index (Phi) is 5.18. The maximum absolute atomic E-state index is 12.3. The van der Waals surface area contributed by atoms with Crippen LogP contribution in [0.3, 0.4) is 0 Å². The second kappa shape index (κ2) is 7.52. The number of aryl methyl sites for hydroxylation is 2. The van der Waals surface area contributed by atoms with E-state index in [2.05, 4.69) is 32.8 Å². The highest BCUT2D eigenvalue weighted by Gasteiger charge is 2.20. The highest BCUT2D eigenvalue weighted by molar-refractivity contribution is 8.00. The molecule has 0 saturated heterocycles. The van der Waals surface area contributed by atoms with Gasteiger partial charge in [-0.1, -0.05) is 47.3 Å². The van der Waals surface area contributed by atoms with Gasteiger partial charge in [0.2, 0.25) is 5.91 Å². The van der Waals surface area contributed by atoms with Crippen LogP contribution >= 0.6 is 11.8 Å². The molecule has 1 atom stereocenters. The minimum absolute atomic E-state index is 0.162. The van der Waals surface area contributed by atoms with Crippen LogP contribution in [-0.4, -0.2) is 31.1 Å². The molecule has 7 nitrogen and oxygen atoms in total. The molecule has 0 saturated carbocycles. The third kappa shape index (κ3) is 4.27. The number of rotatable bonds is 6. The minimum atomic E-state index is -0.352. The Bertz CT molecular complexity index is 859. The van der Waals surface area contributed by atoms with Crippen molar-refractivity contribution in [2.24, 2.45) is 0 Å². The number of carbonyl (C=O) groups excluding carboxylic acids is 1.